The van der Waals surface area contributed by atoms with Gasteiger partial charge in [-0.3, -0.25) is 9.69 Å². The van der Waals surface area contributed by atoms with Gasteiger partial charge in [-0.1, -0.05) is 31.9 Å². The maximum atomic E-state index is 12.0. The SMILES string of the molecule is CCCC(N)C(=O)Nc1cccc(CN2CCCCC2)c1.Cl. The maximum Gasteiger partial charge on any atom is 0.241 e. The van der Waals surface area contributed by atoms with Crippen LogP contribution < -0.4 is 11.1 Å². The Morgan fingerprint density at radius 1 is 1.32 bits per heavy atom. The molecule has 2 rings (SSSR count). The van der Waals surface area contributed by atoms with Crippen LogP contribution in [0.25, 0.3) is 0 Å². The third kappa shape index (κ3) is 5.95. The van der Waals surface area contributed by atoms with Gasteiger partial charge in [0.05, 0.1) is 6.04 Å². The second-order valence-corrected chi connectivity index (χ2v) is 5.92. The fourth-order valence-corrected chi connectivity index (χ4v) is 2.80. The van der Waals surface area contributed by atoms with Crippen LogP contribution in [0.1, 0.15) is 44.6 Å². The molecule has 0 aromatic heterocycles. The number of anilines is 1. The second kappa shape index (κ2) is 9.82. The van der Waals surface area contributed by atoms with Gasteiger partial charge in [0.1, 0.15) is 0 Å². The zero-order chi connectivity index (χ0) is 15.1. The zero-order valence-electron chi connectivity index (χ0n) is 13.4. The predicted octanol–water partition coefficient (Wildman–Crippen LogP) is 3.16. The minimum Gasteiger partial charge on any atom is -0.325 e. The van der Waals surface area contributed by atoms with Crippen LogP contribution in [-0.2, 0) is 11.3 Å². The van der Waals surface area contributed by atoms with Crippen molar-refractivity contribution in [3.63, 3.8) is 0 Å². The van der Waals surface area contributed by atoms with E-state index in [1.807, 2.05) is 19.1 Å². The molecule has 0 spiro atoms. The third-order valence-electron chi connectivity index (χ3n) is 3.99. The van der Waals surface area contributed by atoms with E-state index in [9.17, 15) is 4.79 Å². The molecule has 0 aliphatic carbocycles. The molecule has 0 saturated carbocycles. The number of nitrogens with one attached hydrogen (secondary N) is 1. The highest BCUT2D eigenvalue weighted by molar-refractivity contribution is 5.94. The first-order chi connectivity index (χ1) is 10.2. The molecule has 1 atom stereocenters. The number of amides is 1. The summed E-state index contributed by atoms with van der Waals surface area (Å²) in [6.07, 6.45) is 5.58. The smallest absolute Gasteiger partial charge is 0.241 e. The van der Waals surface area contributed by atoms with Crippen LogP contribution in [-0.4, -0.2) is 29.9 Å². The van der Waals surface area contributed by atoms with Gasteiger partial charge in [-0.15, -0.1) is 12.4 Å². The van der Waals surface area contributed by atoms with E-state index in [2.05, 4.69) is 22.3 Å². The Kier molecular flexibility index (Phi) is 8.46. The summed E-state index contributed by atoms with van der Waals surface area (Å²) >= 11 is 0. The van der Waals surface area contributed by atoms with Crippen LogP contribution in [0.2, 0.25) is 0 Å². The van der Waals surface area contributed by atoms with E-state index in [-0.39, 0.29) is 18.3 Å². The summed E-state index contributed by atoms with van der Waals surface area (Å²) in [6, 6.07) is 7.69. The van der Waals surface area contributed by atoms with Crippen molar-refractivity contribution in [3.05, 3.63) is 29.8 Å². The lowest BCUT2D eigenvalue weighted by Crippen LogP contribution is -2.35. The number of nitrogens with two attached hydrogens (primary N) is 1. The molecule has 4 nitrogen and oxygen atoms in total. The number of carbonyl (C=O) groups is 1. The van der Waals surface area contributed by atoms with Crippen molar-refractivity contribution < 1.29 is 4.79 Å². The Bertz CT molecular complexity index is 461. The minimum absolute atomic E-state index is 0. The molecular weight excluding hydrogens is 298 g/mol. The number of nitrogens with zero attached hydrogens (tertiary/aromatic N) is 1. The Labute approximate surface area is 139 Å². The lowest BCUT2D eigenvalue weighted by Gasteiger charge is -2.26. The molecule has 124 valence electrons. The van der Waals surface area contributed by atoms with Gasteiger partial charge in [0.25, 0.3) is 0 Å². The number of likely N-dealkylation sites (tertiary alicyclic amines) is 1. The fraction of sp³-hybridized carbons (Fsp3) is 0.588. The molecule has 1 fully saturated rings. The minimum atomic E-state index is -0.416. The highest BCUT2D eigenvalue weighted by Gasteiger charge is 2.13. The molecule has 1 heterocycles. The van der Waals surface area contributed by atoms with Crippen LogP contribution >= 0.6 is 12.4 Å². The van der Waals surface area contributed by atoms with Gasteiger partial charge < -0.3 is 11.1 Å². The normalized spacial score (nSPS) is 16.6. The van der Waals surface area contributed by atoms with E-state index >= 15 is 0 Å². The van der Waals surface area contributed by atoms with Crippen molar-refractivity contribution in [2.75, 3.05) is 18.4 Å². The van der Waals surface area contributed by atoms with Crippen LogP contribution in [0.3, 0.4) is 0 Å². The number of piperidine rings is 1. The van der Waals surface area contributed by atoms with Gasteiger partial charge in [0.15, 0.2) is 0 Å². The van der Waals surface area contributed by atoms with E-state index in [1.54, 1.807) is 0 Å². The van der Waals surface area contributed by atoms with Crippen molar-refractivity contribution in [3.8, 4) is 0 Å². The lowest BCUT2D eigenvalue weighted by atomic mass is 10.1. The van der Waals surface area contributed by atoms with Gasteiger partial charge >= 0.3 is 0 Å². The Morgan fingerprint density at radius 3 is 2.73 bits per heavy atom. The molecule has 1 aliphatic rings. The van der Waals surface area contributed by atoms with Gasteiger partial charge in [0.2, 0.25) is 5.91 Å². The highest BCUT2D eigenvalue weighted by atomic mass is 35.5. The Balaban J connectivity index is 0.00000242. The zero-order valence-corrected chi connectivity index (χ0v) is 14.2. The quantitative estimate of drug-likeness (QED) is 0.844. The van der Waals surface area contributed by atoms with E-state index in [0.29, 0.717) is 0 Å². The lowest BCUT2D eigenvalue weighted by molar-refractivity contribution is -0.117. The van der Waals surface area contributed by atoms with Gasteiger partial charge in [-0.25, -0.2) is 0 Å². The summed E-state index contributed by atoms with van der Waals surface area (Å²) in [4.78, 5) is 14.4. The molecule has 1 aromatic rings. The van der Waals surface area contributed by atoms with E-state index in [0.717, 1.165) is 25.1 Å². The van der Waals surface area contributed by atoms with Gasteiger partial charge in [-0.2, -0.15) is 0 Å². The average molecular weight is 326 g/mol. The Hall–Kier alpha value is -1.10. The largest absolute Gasteiger partial charge is 0.325 e. The van der Waals surface area contributed by atoms with E-state index < -0.39 is 6.04 Å². The first kappa shape index (κ1) is 18.9. The standard InChI is InChI=1S/C17H27N3O.ClH/c1-2-7-16(18)17(21)19-15-9-6-8-14(12-15)13-20-10-4-3-5-11-20;/h6,8-9,12,16H,2-5,7,10-11,13,18H2,1H3,(H,19,21);1H. The summed E-state index contributed by atoms with van der Waals surface area (Å²) in [7, 11) is 0. The number of carbonyl (C=O) groups excluding carboxylic acids is 1. The topological polar surface area (TPSA) is 58.4 Å². The van der Waals surface area contributed by atoms with E-state index in [4.69, 9.17) is 5.73 Å². The van der Waals surface area contributed by atoms with Crippen molar-refractivity contribution in [1.29, 1.82) is 0 Å². The predicted molar refractivity (Wildman–Crippen MR) is 94.3 cm³/mol. The van der Waals surface area contributed by atoms with Gasteiger partial charge in [0, 0.05) is 12.2 Å². The van der Waals surface area contributed by atoms with Crippen molar-refractivity contribution >= 4 is 24.0 Å². The first-order valence-corrected chi connectivity index (χ1v) is 8.07. The molecule has 1 aliphatic heterocycles. The molecule has 1 unspecified atom stereocenters. The molecule has 0 bridgehead atoms. The summed E-state index contributed by atoms with van der Waals surface area (Å²) in [5.41, 5.74) is 7.94. The first-order valence-electron chi connectivity index (χ1n) is 8.07. The van der Waals surface area contributed by atoms with Crippen LogP contribution in [0.5, 0.6) is 0 Å². The number of benzene rings is 1. The molecule has 1 aromatic carbocycles. The summed E-state index contributed by atoms with van der Waals surface area (Å²) in [6.45, 7) is 5.35. The van der Waals surface area contributed by atoms with E-state index in [1.165, 1.54) is 37.9 Å². The molecule has 1 amide bonds. The van der Waals surface area contributed by atoms with Crippen LogP contribution in [0.4, 0.5) is 5.69 Å². The van der Waals surface area contributed by atoms with Crippen LogP contribution in [0.15, 0.2) is 24.3 Å². The molecule has 22 heavy (non-hydrogen) atoms. The molecule has 0 radical (unpaired) electrons. The van der Waals surface area contributed by atoms with Gasteiger partial charge in [-0.05, 0) is 50.0 Å². The maximum absolute atomic E-state index is 12.0. The fourth-order valence-electron chi connectivity index (χ4n) is 2.80. The van der Waals surface area contributed by atoms with Crippen LogP contribution in [0, 0.1) is 0 Å². The van der Waals surface area contributed by atoms with Crippen molar-refractivity contribution in [2.24, 2.45) is 5.73 Å². The average Bonchev–Trinajstić information content (AvgIpc) is 2.49. The monoisotopic (exact) mass is 325 g/mol. The van der Waals surface area contributed by atoms with Crippen molar-refractivity contribution in [1.82, 2.24) is 4.90 Å². The third-order valence-corrected chi connectivity index (χ3v) is 3.99. The summed E-state index contributed by atoms with van der Waals surface area (Å²) in [5.74, 6) is -0.0908. The molecule has 1 saturated heterocycles. The highest BCUT2D eigenvalue weighted by Crippen LogP contribution is 2.16. The molecule has 5 heteroatoms. The molecular formula is C17H28ClN3O. The number of rotatable bonds is 6. The summed E-state index contributed by atoms with van der Waals surface area (Å²) in [5, 5.41) is 2.92. The number of hydrogen-bond acceptors (Lipinski definition) is 3. The number of hydrogen-bond donors (Lipinski definition) is 2. The van der Waals surface area contributed by atoms with Crippen molar-refractivity contribution in [2.45, 2.75) is 51.6 Å². The summed E-state index contributed by atoms with van der Waals surface area (Å²) < 4.78 is 0. The Morgan fingerprint density at radius 2 is 2.05 bits per heavy atom. The second-order valence-electron chi connectivity index (χ2n) is 5.92. The number of halogens is 1. The molecule has 3 N–H and O–H groups in total.